The minimum Gasteiger partial charge on any atom is -0.441 e. The van der Waals surface area contributed by atoms with Crippen LogP contribution >= 0.6 is 0 Å². The van der Waals surface area contributed by atoms with Crippen molar-refractivity contribution < 1.29 is 13.9 Å². The van der Waals surface area contributed by atoms with Crippen LogP contribution in [0.5, 0.6) is 0 Å². The van der Waals surface area contributed by atoms with Crippen molar-refractivity contribution >= 4 is 12.2 Å². The van der Waals surface area contributed by atoms with E-state index >= 15 is 0 Å². The first-order valence-corrected chi connectivity index (χ1v) is 6.08. The summed E-state index contributed by atoms with van der Waals surface area (Å²) in [7, 11) is 0. The molecule has 1 aliphatic heterocycles. The van der Waals surface area contributed by atoms with E-state index in [0.717, 1.165) is 19.0 Å². The first-order valence-electron chi connectivity index (χ1n) is 6.08. The molecule has 1 aromatic rings. The summed E-state index contributed by atoms with van der Waals surface area (Å²) in [6.07, 6.45) is 5.80. The molecule has 0 radical (unpaired) electrons. The highest BCUT2D eigenvalue weighted by Crippen LogP contribution is 2.13. The van der Waals surface area contributed by atoms with E-state index in [1.54, 1.807) is 12.4 Å². The molecule has 2 rings (SSSR count). The molecule has 100 valence electrons. The Morgan fingerprint density at radius 3 is 2.39 bits per heavy atom. The van der Waals surface area contributed by atoms with Crippen LogP contribution in [-0.2, 0) is 4.74 Å². The maximum Gasteiger partial charge on any atom is 0.495 e. The fourth-order valence-corrected chi connectivity index (χ4v) is 1.66. The molecule has 1 aromatic heterocycles. The number of carbonyl (C=O) groups is 1. The van der Waals surface area contributed by atoms with Crippen molar-refractivity contribution in [1.29, 1.82) is 0 Å². The van der Waals surface area contributed by atoms with Crippen molar-refractivity contribution in [2.45, 2.75) is 26.2 Å². The third-order valence-electron chi connectivity index (χ3n) is 2.45. The van der Waals surface area contributed by atoms with E-state index in [2.05, 4.69) is 19.6 Å². The van der Waals surface area contributed by atoms with E-state index in [-0.39, 0.29) is 6.61 Å². The van der Waals surface area contributed by atoms with Crippen LogP contribution in [0.25, 0.3) is 0 Å². The lowest BCUT2D eigenvalue weighted by molar-refractivity contribution is 0.126. The lowest BCUT2D eigenvalue weighted by atomic mass is 10.1. The zero-order valence-corrected chi connectivity index (χ0v) is 10.5. The smallest absolute Gasteiger partial charge is 0.441 e. The van der Waals surface area contributed by atoms with Gasteiger partial charge >= 0.3 is 6.22 Å². The fraction of sp³-hybridized carbons (Fsp3) is 0.583. The van der Waals surface area contributed by atoms with Crippen LogP contribution in [0.15, 0.2) is 18.5 Å². The number of carbonyl (C=O) groups excluding carboxylic acids is 1. The monoisotopic (exact) mass is 255 g/mol. The Morgan fingerprint density at radius 2 is 1.94 bits per heavy atom. The molecule has 6 heteroatoms. The Hall–Kier alpha value is -1.72. The van der Waals surface area contributed by atoms with Crippen LogP contribution in [-0.4, -0.2) is 35.9 Å². The Balaban J connectivity index is 0.000000232. The molecule has 0 N–H and O–H groups in total. The second kappa shape index (κ2) is 8.38. The van der Waals surface area contributed by atoms with Gasteiger partial charge in [0.1, 0.15) is 0 Å². The largest absolute Gasteiger partial charge is 0.495 e. The first kappa shape index (κ1) is 14.3. The van der Waals surface area contributed by atoms with Gasteiger partial charge in [0.2, 0.25) is 5.95 Å². The highest BCUT2D eigenvalue weighted by Gasteiger charge is 2.11. The van der Waals surface area contributed by atoms with Crippen LogP contribution < -0.4 is 4.90 Å². The number of rotatable bonds is 2. The molecular weight excluding hydrogens is 237 g/mol. The predicted molar refractivity (Wildman–Crippen MR) is 66.2 cm³/mol. The summed E-state index contributed by atoms with van der Waals surface area (Å²) in [6, 6.07) is 1.85. The van der Waals surface area contributed by atoms with Gasteiger partial charge in [-0.25, -0.2) is 14.8 Å². The highest BCUT2D eigenvalue weighted by atomic mass is 19.1. The Kier molecular flexibility index (Phi) is 6.68. The number of hydrogen-bond acceptors (Lipinski definition) is 5. The molecule has 0 unspecified atom stereocenters. The van der Waals surface area contributed by atoms with Crippen molar-refractivity contribution in [2.75, 3.05) is 24.6 Å². The quantitative estimate of drug-likeness (QED) is 0.760. The van der Waals surface area contributed by atoms with Crippen LogP contribution in [0.1, 0.15) is 26.2 Å². The maximum atomic E-state index is 10.8. The summed E-state index contributed by atoms with van der Waals surface area (Å²) >= 11 is 0. The van der Waals surface area contributed by atoms with Crippen molar-refractivity contribution in [3.63, 3.8) is 0 Å². The van der Waals surface area contributed by atoms with Gasteiger partial charge in [0.05, 0.1) is 6.61 Å². The Labute approximate surface area is 106 Å². The molecule has 0 aromatic carbocycles. The van der Waals surface area contributed by atoms with E-state index in [9.17, 15) is 4.39 Å². The maximum absolute atomic E-state index is 10.8. The van der Waals surface area contributed by atoms with Gasteiger partial charge in [-0.1, -0.05) is 0 Å². The first-order chi connectivity index (χ1) is 8.74. The second-order valence-electron chi connectivity index (χ2n) is 3.77. The third-order valence-corrected chi connectivity index (χ3v) is 2.45. The number of piperidine rings is 1. The SMILES string of the molecule is CCOC(=O)F.c1cnc(N2CCCCC2)nc1. The van der Waals surface area contributed by atoms with E-state index in [1.807, 2.05) is 6.07 Å². The normalized spacial score (nSPS) is 14.4. The third kappa shape index (κ3) is 5.56. The molecular formula is C12H18FN3O2. The second-order valence-corrected chi connectivity index (χ2v) is 3.77. The van der Waals surface area contributed by atoms with Crippen LogP contribution in [0, 0.1) is 0 Å². The summed E-state index contributed by atoms with van der Waals surface area (Å²) in [6.45, 7) is 3.88. The molecule has 0 spiro atoms. The van der Waals surface area contributed by atoms with Crippen molar-refractivity contribution in [2.24, 2.45) is 0 Å². The van der Waals surface area contributed by atoms with Gasteiger partial charge in [-0.3, -0.25) is 0 Å². The predicted octanol–water partition coefficient (Wildman–Crippen LogP) is 2.58. The van der Waals surface area contributed by atoms with Crippen molar-refractivity contribution in [3.05, 3.63) is 18.5 Å². The van der Waals surface area contributed by atoms with Gasteiger partial charge in [0.25, 0.3) is 0 Å². The number of anilines is 1. The lowest BCUT2D eigenvalue weighted by Gasteiger charge is -2.26. The molecule has 1 fully saturated rings. The van der Waals surface area contributed by atoms with Crippen LogP contribution in [0.4, 0.5) is 15.1 Å². The standard InChI is InChI=1S/C9H13N3.C3H5FO2/c1-2-7-12(8-3-1)9-10-5-4-6-11-9;1-2-6-3(4)5/h4-6H,1-3,7-8H2;2H2,1H3. The van der Waals surface area contributed by atoms with Gasteiger partial charge in [0, 0.05) is 25.5 Å². The fourth-order valence-electron chi connectivity index (χ4n) is 1.66. The summed E-state index contributed by atoms with van der Waals surface area (Å²) in [5, 5.41) is 0. The average molecular weight is 255 g/mol. The average Bonchev–Trinajstić information content (AvgIpc) is 2.41. The minimum absolute atomic E-state index is 0.106. The molecule has 5 nitrogen and oxygen atoms in total. The molecule has 0 atom stereocenters. The minimum atomic E-state index is -1.71. The van der Waals surface area contributed by atoms with Gasteiger partial charge in [-0.15, -0.1) is 4.39 Å². The van der Waals surface area contributed by atoms with E-state index < -0.39 is 6.22 Å². The topological polar surface area (TPSA) is 55.3 Å². The summed E-state index contributed by atoms with van der Waals surface area (Å²) in [4.78, 5) is 19.8. The zero-order valence-electron chi connectivity index (χ0n) is 10.5. The van der Waals surface area contributed by atoms with Gasteiger partial charge in [0.15, 0.2) is 0 Å². The molecule has 0 bridgehead atoms. The molecule has 0 saturated carbocycles. The molecule has 0 aliphatic carbocycles. The van der Waals surface area contributed by atoms with Crippen molar-refractivity contribution in [3.8, 4) is 0 Å². The number of ether oxygens (including phenoxy) is 1. The number of aromatic nitrogens is 2. The number of nitrogens with zero attached hydrogens (tertiary/aromatic N) is 3. The molecule has 0 amide bonds. The number of hydrogen-bond donors (Lipinski definition) is 0. The lowest BCUT2D eigenvalue weighted by Crippen LogP contribution is -2.30. The summed E-state index contributed by atoms with van der Waals surface area (Å²) in [5.41, 5.74) is 0. The molecule has 1 aliphatic rings. The number of halogens is 1. The van der Waals surface area contributed by atoms with E-state index in [0.29, 0.717) is 0 Å². The Bertz CT molecular complexity index is 342. The molecule has 2 heterocycles. The Morgan fingerprint density at radius 1 is 1.33 bits per heavy atom. The highest BCUT2D eigenvalue weighted by molar-refractivity contribution is 5.57. The molecule has 18 heavy (non-hydrogen) atoms. The summed E-state index contributed by atoms with van der Waals surface area (Å²) < 4.78 is 14.6. The van der Waals surface area contributed by atoms with E-state index in [1.165, 1.54) is 26.2 Å². The zero-order chi connectivity index (χ0) is 13.2. The molecule has 1 saturated heterocycles. The van der Waals surface area contributed by atoms with Crippen LogP contribution in [0.3, 0.4) is 0 Å². The van der Waals surface area contributed by atoms with Gasteiger partial charge in [-0.05, 0) is 32.3 Å². The van der Waals surface area contributed by atoms with Crippen LogP contribution in [0.2, 0.25) is 0 Å². The van der Waals surface area contributed by atoms with E-state index in [4.69, 9.17) is 4.79 Å². The van der Waals surface area contributed by atoms with Gasteiger partial charge in [-0.2, -0.15) is 0 Å². The van der Waals surface area contributed by atoms with Gasteiger partial charge < -0.3 is 9.64 Å². The van der Waals surface area contributed by atoms with Crippen molar-refractivity contribution in [1.82, 2.24) is 9.97 Å². The summed E-state index contributed by atoms with van der Waals surface area (Å²) in [5.74, 6) is 0.886.